The summed E-state index contributed by atoms with van der Waals surface area (Å²) in [5.41, 5.74) is 9.79. The van der Waals surface area contributed by atoms with E-state index in [4.69, 9.17) is 5.73 Å². The van der Waals surface area contributed by atoms with Crippen molar-refractivity contribution >= 4 is 28.1 Å². The van der Waals surface area contributed by atoms with E-state index in [-0.39, 0.29) is 0 Å². The summed E-state index contributed by atoms with van der Waals surface area (Å²) >= 11 is 0. The third-order valence-corrected chi connectivity index (χ3v) is 3.41. The topological polar surface area (TPSA) is 57.9 Å². The molecule has 0 fully saturated rings. The second-order valence-corrected chi connectivity index (χ2v) is 4.68. The van der Waals surface area contributed by atoms with Crippen LogP contribution in [0.15, 0.2) is 42.7 Å². The first-order valence-corrected chi connectivity index (χ1v) is 6.19. The van der Waals surface area contributed by atoms with Crippen molar-refractivity contribution in [3.63, 3.8) is 0 Å². The van der Waals surface area contributed by atoms with Crippen LogP contribution in [0.2, 0.25) is 0 Å². The van der Waals surface area contributed by atoms with Gasteiger partial charge in [-0.25, -0.2) is 4.98 Å². The molecule has 0 bridgehead atoms. The second kappa shape index (κ2) is 4.31. The summed E-state index contributed by atoms with van der Waals surface area (Å²) in [6.45, 7) is 1.99. The van der Waals surface area contributed by atoms with E-state index >= 15 is 0 Å². The molecule has 4 nitrogen and oxygen atoms in total. The van der Waals surface area contributed by atoms with Crippen LogP contribution in [0.3, 0.4) is 0 Å². The summed E-state index contributed by atoms with van der Waals surface area (Å²) in [4.78, 5) is 9.72. The lowest BCUT2D eigenvalue weighted by Crippen LogP contribution is -2.11. The van der Waals surface area contributed by atoms with Crippen molar-refractivity contribution < 1.29 is 0 Å². The normalized spacial score (nSPS) is 10.8. The number of hydrogen-bond acceptors (Lipinski definition) is 3. The Bertz CT molecular complexity index is 730. The summed E-state index contributed by atoms with van der Waals surface area (Å²) in [7, 11) is 2.01. The van der Waals surface area contributed by atoms with E-state index < -0.39 is 0 Å². The third kappa shape index (κ3) is 1.91. The molecule has 0 aliphatic heterocycles. The van der Waals surface area contributed by atoms with E-state index in [2.05, 4.69) is 27.0 Å². The SMILES string of the molecule is Cc1cc(N(C)c2c[nH]c3ccccc23)ncc1N. The highest BCUT2D eigenvalue weighted by molar-refractivity contribution is 5.94. The number of fused-ring (bicyclic) bond motifs is 1. The van der Waals surface area contributed by atoms with Gasteiger partial charge in [0.1, 0.15) is 5.82 Å². The number of nitrogens with one attached hydrogen (secondary N) is 1. The summed E-state index contributed by atoms with van der Waals surface area (Å²) in [5, 5.41) is 1.18. The standard InChI is InChI=1S/C15H16N4/c1-10-7-15(18-8-12(10)16)19(2)14-9-17-13-6-4-3-5-11(13)14/h3-9,17H,16H2,1-2H3. The van der Waals surface area contributed by atoms with Crippen LogP contribution >= 0.6 is 0 Å². The molecular weight excluding hydrogens is 236 g/mol. The molecule has 3 rings (SSSR count). The van der Waals surface area contributed by atoms with Crippen molar-refractivity contribution in [3.05, 3.63) is 48.3 Å². The van der Waals surface area contributed by atoms with Gasteiger partial charge in [-0.15, -0.1) is 0 Å². The molecule has 96 valence electrons. The Morgan fingerprint density at radius 2 is 2.05 bits per heavy atom. The minimum Gasteiger partial charge on any atom is -0.397 e. The van der Waals surface area contributed by atoms with Crippen molar-refractivity contribution in [1.29, 1.82) is 0 Å². The monoisotopic (exact) mass is 252 g/mol. The van der Waals surface area contributed by atoms with Crippen molar-refractivity contribution in [1.82, 2.24) is 9.97 Å². The van der Waals surface area contributed by atoms with Gasteiger partial charge in [0.2, 0.25) is 0 Å². The van der Waals surface area contributed by atoms with Gasteiger partial charge in [-0.1, -0.05) is 18.2 Å². The number of anilines is 3. The van der Waals surface area contributed by atoms with E-state index in [0.29, 0.717) is 0 Å². The number of aromatic nitrogens is 2. The Morgan fingerprint density at radius 3 is 2.84 bits per heavy atom. The van der Waals surface area contributed by atoms with Gasteiger partial charge in [-0.2, -0.15) is 0 Å². The number of H-pyrrole nitrogens is 1. The Kier molecular flexibility index (Phi) is 2.63. The smallest absolute Gasteiger partial charge is 0.133 e. The fraction of sp³-hybridized carbons (Fsp3) is 0.133. The van der Waals surface area contributed by atoms with E-state index in [1.807, 2.05) is 38.4 Å². The second-order valence-electron chi connectivity index (χ2n) is 4.68. The molecule has 2 aromatic heterocycles. The molecule has 0 atom stereocenters. The molecular formula is C15H16N4. The quantitative estimate of drug-likeness (QED) is 0.736. The summed E-state index contributed by atoms with van der Waals surface area (Å²) in [6, 6.07) is 10.2. The maximum atomic E-state index is 5.81. The zero-order valence-electron chi connectivity index (χ0n) is 11.0. The van der Waals surface area contributed by atoms with E-state index in [0.717, 1.165) is 28.3 Å². The predicted octanol–water partition coefficient (Wildman–Crippen LogP) is 3.22. The molecule has 3 aromatic rings. The fourth-order valence-corrected chi connectivity index (χ4v) is 2.19. The lowest BCUT2D eigenvalue weighted by atomic mass is 10.2. The number of para-hydroxylation sites is 1. The summed E-state index contributed by atoms with van der Waals surface area (Å²) in [6.07, 6.45) is 3.70. The molecule has 2 heterocycles. The summed E-state index contributed by atoms with van der Waals surface area (Å²) < 4.78 is 0. The highest BCUT2D eigenvalue weighted by Crippen LogP contribution is 2.30. The fourth-order valence-electron chi connectivity index (χ4n) is 2.19. The lowest BCUT2D eigenvalue weighted by molar-refractivity contribution is 1.12. The molecule has 3 N–H and O–H groups in total. The first-order valence-electron chi connectivity index (χ1n) is 6.19. The van der Waals surface area contributed by atoms with Gasteiger partial charge in [0.05, 0.1) is 17.6 Å². The van der Waals surface area contributed by atoms with Crippen LogP contribution in [0.4, 0.5) is 17.2 Å². The Hall–Kier alpha value is -2.49. The third-order valence-electron chi connectivity index (χ3n) is 3.41. The Balaban J connectivity index is 2.08. The minimum atomic E-state index is 0.719. The van der Waals surface area contributed by atoms with Gasteiger partial charge in [0.25, 0.3) is 0 Å². The van der Waals surface area contributed by atoms with E-state index in [1.54, 1.807) is 6.20 Å². The highest BCUT2D eigenvalue weighted by atomic mass is 15.2. The maximum absolute atomic E-state index is 5.81. The van der Waals surface area contributed by atoms with Gasteiger partial charge >= 0.3 is 0 Å². The molecule has 0 aliphatic rings. The maximum Gasteiger partial charge on any atom is 0.133 e. The largest absolute Gasteiger partial charge is 0.397 e. The molecule has 0 unspecified atom stereocenters. The van der Waals surface area contributed by atoms with Gasteiger partial charge in [0, 0.05) is 24.1 Å². The zero-order chi connectivity index (χ0) is 13.4. The number of rotatable bonds is 2. The predicted molar refractivity (Wildman–Crippen MR) is 79.7 cm³/mol. The molecule has 1 aromatic carbocycles. The molecule has 0 spiro atoms. The van der Waals surface area contributed by atoms with Gasteiger partial charge < -0.3 is 15.6 Å². The highest BCUT2D eigenvalue weighted by Gasteiger charge is 2.11. The number of pyridine rings is 1. The van der Waals surface area contributed by atoms with Gasteiger partial charge in [-0.3, -0.25) is 0 Å². The van der Waals surface area contributed by atoms with Crippen molar-refractivity contribution in [2.24, 2.45) is 0 Å². The van der Waals surface area contributed by atoms with Crippen molar-refractivity contribution in [3.8, 4) is 0 Å². The first-order chi connectivity index (χ1) is 9.16. The van der Waals surface area contributed by atoms with Gasteiger partial charge in [0.15, 0.2) is 0 Å². The average Bonchev–Trinajstić information content (AvgIpc) is 2.85. The summed E-state index contributed by atoms with van der Waals surface area (Å²) in [5.74, 6) is 0.886. The van der Waals surface area contributed by atoms with Crippen LogP contribution in [0.5, 0.6) is 0 Å². The van der Waals surface area contributed by atoms with Crippen LogP contribution in [-0.4, -0.2) is 17.0 Å². The Morgan fingerprint density at radius 1 is 1.26 bits per heavy atom. The molecule has 0 radical (unpaired) electrons. The van der Waals surface area contributed by atoms with Crippen LogP contribution < -0.4 is 10.6 Å². The zero-order valence-corrected chi connectivity index (χ0v) is 11.0. The Labute approximate surface area is 111 Å². The molecule has 0 saturated heterocycles. The number of benzene rings is 1. The van der Waals surface area contributed by atoms with E-state index in [1.165, 1.54) is 5.39 Å². The number of aryl methyl sites for hydroxylation is 1. The van der Waals surface area contributed by atoms with E-state index in [9.17, 15) is 0 Å². The first kappa shape index (κ1) is 11.6. The van der Waals surface area contributed by atoms with Gasteiger partial charge in [-0.05, 0) is 24.6 Å². The molecule has 0 aliphatic carbocycles. The average molecular weight is 252 g/mol. The van der Waals surface area contributed by atoms with Crippen LogP contribution in [0.25, 0.3) is 10.9 Å². The molecule has 0 saturated carbocycles. The molecule has 19 heavy (non-hydrogen) atoms. The minimum absolute atomic E-state index is 0.719. The van der Waals surface area contributed by atoms with Crippen LogP contribution in [0.1, 0.15) is 5.56 Å². The number of nitrogens with zero attached hydrogens (tertiary/aromatic N) is 2. The number of nitrogen functional groups attached to an aromatic ring is 1. The van der Waals surface area contributed by atoms with Crippen molar-refractivity contribution in [2.75, 3.05) is 17.7 Å². The van der Waals surface area contributed by atoms with Crippen LogP contribution in [0, 0.1) is 6.92 Å². The lowest BCUT2D eigenvalue weighted by Gasteiger charge is -2.18. The molecule has 0 amide bonds. The number of aromatic amines is 1. The number of hydrogen-bond donors (Lipinski definition) is 2. The van der Waals surface area contributed by atoms with Crippen molar-refractivity contribution in [2.45, 2.75) is 6.92 Å². The van der Waals surface area contributed by atoms with Crippen LogP contribution in [-0.2, 0) is 0 Å². The molecule has 4 heteroatoms. The number of nitrogens with two attached hydrogens (primary N) is 1.